The number of rotatable bonds is 16. The van der Waals surface area contributed by atoms with Gasteiger partial charge in [-0.1, -0.05) is 79.1 Å². The molecular formula is C22H44S. The summed E-state index contributed by atoms with van der Waals surface area (Å²) in [5.74, 6) is 0. The summed E-state index contributed by atoms with van der Waals surface area (Å²) in [6.45, 7) is 9.27. The molecule has 0 spiro atoms. The van der Waals surface area contributed by atoms with E-state index in [2.05, 4.69) is 38.6 Å². The molecule has 0 heterocycles. The first-order valence-corrected chi connectivity index (χ1v) is 11.5. The highest BCUT2D eigenvalue weighted by Crippen LogP contribution is 2.14. The Morgan fingerprint density at radius 2 is 0.696 bits per heavy atom. The molecule has 0 radical (unpaired) electrons. The maximum Gasteiger partial charge on any atom is -0.0179 e. The summed E-state index contributed by atoms with van der Waals surface area (Å²) in [7, 11) is 2.22. The van der Waals surface area contributed by atoms with Crippen LogP contribution in [0, 0.1) is 0 Å². The largest absolute Gasteiger partial charge is 0.154 e. The normalized spacial score (nSPS) is 10.8. The lowest BCUT2D eigenvalue weighted by molar-refractivity contribution is 0.715. The van der Waals surface area contributed by atoms with E-state index in [9.17, 15) is 0 Å². The minimum atomic E-state index is 1.34. The highest BCUT2D eigenvalue weighted by molar-refractivity contribution is 7.98. The van der Waals surface area contributed by atoms with E-state index in [4.69, 9.17) is 0 Å². The average molecular weight is 341 g/mol. The molecule has 0 aromatic rings. The Morgan fingerprint density at radius 3 is 0.913 bits per heavy atom. The lowest BCUT2D eigenvalue weighted by Crippen LogP contribution is -2.00. The van der Waals surface area contributed by atoms with E-state index in [1.54, 1.807) is 9.73 Å². The smallest absolute Gasteiger partial charge is 0.0179 e. The first-order chi connectivity index (χ1) is 11.3. The van der Waals surface area contributed by atoms with Crippen LogP contribution in [0.4, 0.5) is 0 Å². The number of unbranched alkanes of at least 4 members (excludes halogenated alkanes) is 8. The summed E-state index contributed by atoms with van der Waals surface area (Å²) >= 11 is 0. The van der Waals surface area contributed by atoms with Gasteiger partial charge in [0.2, 0.25) is 0 Å². The van der Waals surface area contributed by atoms with Gasteiger partial charge in [0.15, 0.2) is 0 Å². The van der Waals surface area contributed by atoms with Crippen molar-refractivity contribution in [3.63, 3.8) is 0 Å². The third kappa shape index (κ3) is 15.2. The van der Waals surface area contributed by atoms with Crippen LogP contribution in [0.15, 0.2) is 0 Å². The first-order valence-electron chi connectivity index (χ1n) is 10.7. The Bertz CT molecular complexity index is 258. The predicted octanol–water partition coefficient (Wildman–Crippen LogP) is 8.39. The van der Waals surface area contributed by atoms with Crippen molar-refractivity contribution in [3.8, 4) is 0 Å². The zero-order valence-corrected chi connectivity index (χ0v) is 17.5. The van der Waals surface area contributed by atoms with Crippen molar-refractivity contribution in [1.29, 1.82) is 0 Å². The zero-order chi connectivity index (χ0) is 17.2. The van der Waals surface area contributed by atoms with Gasteiger partial charge in [-0.2, -0.15) is 10.9 Å². The molecule has 0 bridgehead atoms. The molecular weight excluding hydrogens is 296 g/mol. The summed E-state index contributed by atoms with van der Waals surface area (Å²) in [4.78, 5) is 3.60. The average Bonchev–Trinajstić information content (AvgIpc) is 2.55. The summed E-state index contributed by atoms with van der Waals surface area (Å²) < 4.78 is 0. The maximum absolute atomic E-state index is 2.32. The Labute approximate surface area is 151 Å². The number of hydrogen-bond acceptors (Lipinski definition) is 0. The zero-order valence-electron chi connectivity index (χ0n) is 16.7. The highest BCUT2D eigenvalue weighted by Gasteiger charge is 2.02. The van der Waals surface area contributed by atoms with Gasteiger partial charge < -0.3 is 0 Å². The molecule has 0 fully saturated rings. The van der Waals surface area contributed by atoms with Crippen LogP contribution in [0.1, 0.15) is 130 Å². The topological polar surface area (TPSA) is 0 Å². The number of hydrogen-bond donors (Lipinski definition) is 0. The van der Waals surface area contributed by atoms with Crippen LogP contribution in [0.25, 0.3) is 0 Å². The predicted molar refractivity (Wildman–Crippen MR) is 114 cm³/mol. The van der Waals surface area contributed by atoms with E-state index < -0.39 is 0 Å². The molecule has 0 aromatic carbocycles. The van der Waals surface area contributed by atoms with E-state index in [0.29, 0.717) is 0 Å². The van der Waals surface area contributed by atoms with E-state index in [1.807, 2.05) is 0 Å². The highest BCUT2D eigenvalue weighted by atomic mass is 32.1. The summed E-state index contributed by atoms with van der Waals surface area (Å²) in [6, 6.07) is 0. The first kappa shape index (κ1) is 23.0. The molecule has 0 atom stereocenters. The second-order valence-corrected chi connectivity index (χ2v) is 8.37. The fraction of sp³-hybridized carbons (Fsp3) is 0.909. The lowest BCUT2D eigenvalue weighted by Gasteiger charge is -2.08. The fourth-order valence-corrected chi connectivity index (χ4v) is 4.34. The molecule has 0 unspecified atom stereocenters. The van der Waals surface area contributed by atoms with Crippen LogP contribution in [-0.4, -0.2) is 9.73 Å². The van der Waals surface area contributed by atoms with Crippen LogP contribution in [0.5, 0.6) is 0 Å². The Hall–Kier alpha value is -0.0400. The molecule has 0 N–H and O–H groups in total. The molecule has 23 heavy (non-hydrogen) atoms. The van der Waals surface area contributed by atoms with Crippen LogP contribution in [-0.2, 0) is 0 Å². The Kier molecular flexibility index (Phi) is 18.3. The molecule has 0 aliphatic carbocycles. The monoisotopic (exact) mass is 340 g/mol. The van der Waals surface area contributed by atoms with Crippen LogP contribution in [0.2, 0.25) is 0 Å². The summed E-state index contributed by atoms with van der Waals surface area (Å²) in [5.41, 5.74) is 0. The van der Waals surface area contributed by atoms with E-state index in [-0.39, 0.29) is 0 Å². The molecule has 0 aliphatic rings. The van der Waals surface area contributed by atoms with Crippen molar-refractivity contribution in [1.82, 2.24) is 0 Å². The standard InChI is InChI=1S/C22H44S/c1-5-9-13-17-21(18-14-10-6-2)23-22(19-15-11-7-3)20-16-12-8-4/h5-20H2,1-4H3. The van der Waals surface area contributed by atoms with Crippen LogP contribution >= 0.6 is 10.9 Å². The summed E-state index contributed by atoms with van der Waals surface area (Å²) in [5, 5.41) is 0. The molecule has 138 valence electrons. The van der Waals surface area contributed by atoms with Gasteiger partial charge in [-0.3, -0.25) is 0 Å². The summed E-state index contributed by atoms with van der Waals surface area (Å²) in [6.07, 6.45) is 22.1. The molecule has 0 rings (SSSR count). The fourth-order valence-electron chi connectivity index (χ4n) is 2.95. The second-order valence-electron chi connectivity index (χ2n) is 7.01. The van der Waals surface area contributed by atoms with E-state index >= 15 is 0 Å². The van der Waals surface area contributed by atoms with Crippen molar-refractivity contribution in [3.05, 3.63) is 0 Å². The Morgan fingerprint density at radius 1 is 0.435 bits per heavy atom. The van der Waals surface area contributed by atoms with Crippen molar-refractivity contribution >= 4 is 20.7 Å². The van der Waals surface area contributed by atoms with Gasteiger partial charge in [0.1, 0.15) is 0 Å². The van der Waals surface area contributed by atoms with Gasteiger partial charge in [-0.25, -0.2) is 0 Å². The Balaban J connectivity index is 4.83. The molecule has 0 aromatic heterocycles. The van der Waals surface area contributed by atoms with E-state index in [0.717, 1.165) is 0 Å². The van der Waals surface area contributed by atoms with Crippen LogP contribution < -0.4 is 0 Å². The second kappa shape index (κ2) is 18.3. The van der Waals surface area contributed by atoms with Gasteiger partial charge in [-0.15, -0.1) is 0 Å². The quantitative estimate of drug-likeness (QED) is 0.195. The third-order valence-corrected chi connectivity index (χ3v) is 5.92. The third-order valence-electron chi connectivity index (χ3n) is 4.53. The van der Waals surface area contributed by atoms with Crippen molar-refractivity contribution in [2.24, 2.45) is 0 Å². The minimum Gasteiger partial charge on any atom is -0.154 e. The van der Waals surface area contributed by atoms with E-state index in [1.165, 1.54) is 103 Å². The van der Waals surface area contributed by atoms with Gasteiger partial charge in [0, 0.05) is 0 Å². The van der Waals surface area contributed by atoms with Gasteiger partial charge in [0.05, 0.1) is 0 Å². The molecule has 0 saturated heterocycles. The minimum absolute atomic E-state index is 1.34. The molecule has 1 heteroatoms. The molecule has 0 saturated carbocycles. The van der Waals surface area contributed by atoms with Crippen molar-refractivity contribution < 1.29 is 0 Å². The van der Waals surface area contributed by atoms with Gasteiger partial charge >= 0.3 is 0 Å². The van der Waals surface area contributed by atoms with Gasteiger partial charge in [0.25, 0.3) is 0 Å². The molecule has 0 nitrogen and oxygen atoms in total. The van der Waals surface area contributed by atoms with Crippen LogP contribution in [0.3, 0.4) is 0 Å². The molecule has 0 aliphatic heterocycles. The lowest BCUT2D eigenvalue weighted by atomic mass is 10.1. The molecule has 0 amide bonds. The van der Waals surface area contributed by atoms with Gasteiger partial charge in [-0.05, 0) is 61.1 Å². The SMILES string of the molecule is CCCCCC(CCCCC)=S=C(CCCCC)CCCCC. The maximum atomic E-state index is 2.32. The van der Waals surface area contributed by atoms with Crippen molar-refractivity contribution in [2.45, 2.75) is 130 Å². The van der Waals surface area contributed by atoms with Crippen molar-refractivity contribution in [2.75, 3.05) is 0 Å².